The van der Waals surface area contributed by atoms with Crippen LogP contribution in [0.15, 0.2) is 48.5 Å². The number of epoxide rings is 1. The van der Waals surface area contributed by atoms with Crippen LogP contribution in [0.2, 0.25) is 5.02 Å². The van der Waals surface area contributed by atoms with Gasteiger partial charge in [-0.05, 0) is 17.7 Å². The molecular weight excluding hydrogens is 276 g/mol. The highest BCUT2D eigenvalue weighted by Gasteiger charge is 2.36. The molecule has 0 N–H and O–H groups in total. The Labute approximate surface area is 123 Å². The highest BCUT2D eigenvalue weighted by atomic mass is 35.5. The van der Waals surface area contributed by atoms with Crippen LogP contribution < -0.4 is 9.47 Å². The van der Waals surface area contributed by atoms with E-state index in [1.807, 2.05) is 36.4 Å². The summed E-state index contributed by atoms with van der Waals surface area (Å²) >= 11 is 5.96. The molecule has 2 aromatic rings. The number of halogens is 1. The molecule has 1 aliphatic heterocycles. The quantitative estimate of drug-likeness (QED) is 0.783. The summed E-state index contributed by atoms with van der Waals surface area (Å²) in [7, 11) is 1.60. The van der Waals surface area contributed by atoms with Gasteiger partial charge < -0.3 is 14.2 Å². The molecule has 0 saturated carbocycles. The average Bonchev–Trinajstić information content (AvgIpc) is 3.31. The van der Waals surface area contributed by atoms with Gasteiger partial charge in [-0.2, -0.15) is 0 Å². The Hall–Kier alpha value is -1.71. The fraction of sp³-hybridized carbons (Fsp3) is 0.250. The highest BCUT2D eigenvalue weighted by molar-refractivity contribution is 6.30. The first-order valence-electron chi connectivity index (χ1n) is 6.44. The van der Waals surface area contributed by atoms with Crippen molar-refractivity contribution in [3.05, 3.63) is 59.1 Å². The van der Waals surface area contributed by atoms with Crippen LogP contribution in [0.4, 0.5) is 0 Å². The SMILES string of the molecule is COc1cc(Cl)ccc1O[C@H](c1ccccc1)[C@@H]1CO1. The second-order valence-corrected chi connectivity index (χ2v) is 5.05. The maximum atomic E-state index is 6.09. The van der Waals surface area contributed by atoms with Crippen LogP contribution in [0.25, 0.3) is 0 Å². The first-order chi connectivity index (χ1) is 9.78. The molecular formula is C16H15ClO3. The largest absolute Gasteiger partial charge is 0.493 e. The minimum atomic E-state index is -0.133. The molecule has 0 bridgehead atoms. The van der Waals surface area contributed by atoms with E-state index in [0.29, 0.717) is 16.5 Å². The fourth-order valence-electron chi connectivity index (χ4n) is 2.11. The minimum Gasteiger partial charge on any atom is -0.493 e. The van der Waals surface area contributed by atoms with Crippen molar-refractivity contribution in [1.29, 1.82) is 0 Å². The van der Waals surface area contributed by atoms with Gasteiger partial charge in [-0.3, -0.25) is 0 Å². The fourth-order valence-corrected chi connectivity index (χ4v) is 2.27. The van der Waals surface area contributed by atoms with E-state index in [0.717, 1.165) is 12.2 Å². The van der Waals surface area contributed by atoms with E-state index in [4.69, 9.17) is 25.8 Å². The van der Waals surface area contributed by atoms with Crippen LogP contribution in [0.3, 0.4) is 0 Å². The molecule has 3 rings (SSSR count). The molecule has 1 aliphatic rings. The van der Waals surface area contributed by atoms with E-state index in [1.54, 1.807) is 19.2 Å². The number of benzene rings is 2. The molecule has 1 heterocycles. The molecule has 2 aromatic carbocycles. The van der Waals surface area contributed by atoms with Crippen LogP contribution in [0.5, 0.6) is 11.5 Å². The lowest BCUT2D eigenvalue weighted by molar-refractivity contribution is 0.156. The van der Waals surface area contributed by atoms with Gasteiger partial charge in [0.1, 0.15) is 6.10 Å². The molecule has 1 fully saturated rings. The summed E-state index contributed by atoms with van der Waals surface area (Å²) in [6.07, 6.45) is -0.0379. The summed E-state index contributed by atoms with van der Waals surface area (Å²) in [5.41, 5.74) is 1.09. The Bertz CT molecular complexity index is 582. The topological polar surface area (TPSA) is 31.0 Å². The summed E-state index contributed by atoms with van der Waals surface area (Å²) in [5, 5.41) is 0.619. The Morgan fingerprint density at radius 1 is 1.15 bits per heavy atom. The smallest absolute Gasteiger partial charge is 0.162 e. The Morgan fingerprint density at radius 2 is 1.90 bits per heavy atom. The molecule has 0 spiro atoms. The Kier molecular flexibility index (Phi) is 3.81. The van der Waals surface area contributed by atoms with E-state index >= 15 is 0 Å². The molecule has 4 heteroatoms. The highest BCUT2D eigenvalue weighted by Crippen LogP contribution is 2.37. The van der Waals surface area contributed by atoms with Gasteiger partial charge >= 0.3 is 0 Å². The van der Waals surface area contributed by atoms with Crippen molar-refractivity contribution in [1.82, 2.24) is 0 Å². The second kappa shape index (κ2) is 5.73. The first-order valence-corrected chi connectivity index (χ1v) is 6.82. The molecule has 20 heavy (non-hydrogen) atoms. The molecule has 3 nitrogen and oxygen atoms in total. The third-order valence-corrected chi connectivity index (χ3v) is 3.44. The van der Waals surface area contributed by atoms with Crippen molar-refractivity contribution in [3.63, 3.8) is 0 Å². The molecule has 0 unspecified atom stereocenters. The van der Waals surface area contributed by atoms with Crippen molar-refractivity contribution in [2.24, 2.45) is 0 Å². The van der Waals surface area contributed by atoms with E-state index in [-0.39, 0.29) is 12.2 Å². The number of hydrogen-bond acceptors (Lipinski definition) is 3. The lowest BCUT2D eigenvalue weighted by Gasteiger charge is -2.19. The van der Waals surface area contributed by atoms with Gasteiger partial charge in [0.2, 0.25) is 0 Å². The molecule has 1 saturated heterocycles. The molecule has 2 atom stereocenters. The van der Waals surface area contributed by atoms with Crippen molar-refractivity contribution in [3.8, 4) is 11.5 Å². The van der Waals surface area contributed by atoms with Gasteiger partial charge in [-0.15, -0.1) is 0 Å². The maximum absolute atomic E-state index is 6.09. The predicted molar refractivity (Wildman–Crippen MR) is 77.6 cm³/mol. The summed E-state index contributed by atoms with van der Waals surface area (Å²) in [5.74, 6) is 1.29. The predicted octanol–water partition coefficient (Wildman–Crippen LogP) is 3.87. The van der Waals surface area contributed by atoms with Crippen molar-refractivity contribution in [2.45, 2.75) is 12.2 Å². The van der Waals surface area contributed by atoms with E-state index < -0.39 is 0 Å². The van der Waals surface area contributed by atoms with Crippen LogP contribution in [0.1, 0.15) is 11.7 Å². The van der Waals surface area contributed by atoms with Crippen molar-refractivity contribution < 1.29 is 14.2 Å². The van der Waals surface area contributed by atoms with Crippen LogP contribution in [-0.4, -0.2) is 19.8 Å². The van der Waals surface area contributed by atoms with Crippen molar-refractivity contribution >= 4 is 11.6 Å². The van der Waals surface area contributed by atoms with Crippen LogP contribution >= 0.6 is 11.6 Å². The normalized spacial score (nSPS) is 18.4. The zero-order valence-electron chi connectivity index (χ0n) is 11.1. The monoisotopic (exact) mass is 290 g/mol. The second-order valence-electron chi connectivity index (χ2n) is 4.62. The number of hydrogen-bond donors (Lipinski definition) is 0. The summed E-state index contributed by atoms with van der Waals surface area (Å²) in [6, 6.07) is 15.4. The van der Waals surface area contributed by atoms with Crippen molar-refractivity contribution in [2.75, 3.05) is 13.7 Å². The molecule has 0 radical (unpaired) electrons. The van der Waals surface area contributed by atoms with Crippen LogP contribution in [-0.2, 0) is 4.74 Å². The first kappa shape index (κ1) is 13.3. The lowest BCUT2D eigenvalue weighted by atomic mass is 10.1. The maximum Gasteiger partial charge on any atom is 0.162 e. The van der Waals surface area contributed by atoms with Gasteiger partial charge in [0.25, 0.3) is 0 Å². The van der Waals surface area contributed by atoms with Gasteiger partial charge in [0.15, 0.2) is 17.6 Å². The third-order valence-electron chi connectivity index (χ3n) is 3.20. The number of rotatable bonds is 5. The number of ether oxygens (including phenoxy) is 3. The standard InChI is InChI=1S/C16H15ClO3/c1-18-14-9-12(17)7-8-13(14)20-16(15-10-19-15)11-5-3-2-4-6-11/h2-9,15-16H,10H2,1H3/t15-,16+/m0/s1. The molecule has 0 amide bonds. The zero-order valence-corrected chi connectivity index (χ0v) is 11.8. The van der Waals surface area contributed by atoms with Gasteiger partial charge in [-0.1, -0.05) is 41.9 Å². The third kappa shape index (κ3) is 2.89. The molecule has 0 aliphatic carbocycles. The van der Waals surface area contributed by atoms with Gasteiger partial charge in [0, 0.05) is 11.1 Å². The molecule has 104 valence electrons. The van der Waals surface area contributed by atoms with Gasteiger partial charge in [0.05, 0.1) is 13.7 Å². The molecule has 0 aromatic heterocycles. The van der Waals surface area contributed by atoms with E-state index in [2.05, 4.69) is 0 Å². The Balaban J connectivity index is 1.87. The minimum absolute atomic E-state index is 0.0952. The van der Waals surface area contributed by atoms with Crippen LogP contribution in [0, 0.1) is 0 Å². The number of methoxy groups -OCH3 is 1. The summed E-state index contributed by atoms with van der Waals surface area (Å²) in [4.78, 5) is 0. The average molecular weight is 291 g/mol. The summed E-state index contributed by atoms with van der Waals surface area (Å²) in [6.45, 7) is 0.718. The summed E-state index contributed by atoms with van der Waals surface area (Å²) < 4.78 is 16.8. The van der Waals surface area contributed by atoms with Gasteiger partial charge in [-0.25, -0.2) is 0 Å². The zero-order chi connectivity index (χ0) is 13.9. The van der Waals surface area contributed by atoms with E-state index in [1.165, 1.54) is 0 Å². The lowest BCUT2D eigenvalue weighted by Crippen LogP contribution is -2.14. The van der Waals surface area contributed by atoms with E-state index in [9.17, 15) is 0 Å². The Morgan fingerprint density at radius 3 is 2.55 bits per heavy atom.